The number of hydrogen-bond acceptors (Lipinski definition) is 4. The second kappa shape index (κ2) is 10.8. The van der Waals surface area contributed by atoms with Gasteiger partial charge >= 0.3 is 0 Å². The van der Waals surface area contributed by atoms with Crippen LogP contribution in [0.3, 0.4) is 0 Å². The van der Waals surface area contributed by atoms with Crippen molar-refractivity contribution in [1.29, 1.82) is 0 Å². The summed E-state index contributed by atoms with van der Waals surface area (Å²) in [5.41, 5.74) is 13.0. The SMILES string of the molecule is c1ccc(-c2nc(-c3ccccc3)nc(-c3ccc4c(c3)c3c5oc6c7c(ccc6c5ccc3n4-c3ccccc3)Cc3ccccc3-7)n2)cc1. The lowest BCUT2D eigenvalue weighted by Gasteiger charge is -2.09. The summed E-state index contributed by atoms with van der Waals surface area (Å²) in [5.74, 6) is 1.90. The van der Waals surface area contributed by atoms with Crippen molar-refractivity contribution < 1.29 is 4.42 Å². The Morgan fingerprint density at radius 2 is 1.04 bits per heavy atom. The highest BCUT2D eigenvalue weighted by Gasteiger charge is 2.26. The molecule has 1 aliphatic rings. The molecular formula is C46H28N4O. The van der Waals surface area contributed by atoms with Gasteiger partial charge in [0.2, 0.25) is 0 Å². The second-order valence-electron chi connectivity index (χ2n) is 13.2. The van der Waals surface area contributed by atoms with Gasteiger partial charge in [-0.2, -0.15) is 0 Å². The van der Waals surface area contributed by atoms with Crippen LogP contribution in [-0.2, 0) is 6.42 Å². The Morgan fingerprint density at radius 3 is 1.76 bits per heavy atom. The lowest BCUT2D eigenvalue weighted by molar-refractivity contribution is 0.674. The summed E-state index contributed by atoms with van der Waals surface area (Å²) in [6.45, 7) is 0. The number of nitrogens with zero attached hydrogens (tertiary/aromatic N) is 4. The zero-order valence-electron chi connectivity index (χ0n) is 27.4. The van der Waals surface area contributed by atoms with Crippen molar-refractivity contribution in [3.8, 4) is 51.0 Å². The normalized spacial score (nSPS) is 12.2. The summed E-state index contributed by atoms with van der Waals surface area (Å²) in [5, 5.41) is 4.40. The van der Waals surface area contributed by atoms with Gasteiger partial charge in [-0.3, -0.25) is 0 Å². The first kappa shape index (κ1) is 28.0. The van der Waals surface area contributed by atoms with Crippen LogP contribution in [0.4, 0.5) is 0 Å². The first-order valence-electron chi connectivity index (χ1n) is 17.2. The molecule has 0 spiro atoms. The Balaban J connectivity index is 1.21. The van der Waals surface area contributed by atoms with Crippen LogP contribution in [0.25, 0.3) is 94.7 Å². The van der Waals surface area contributed by atoms with Crippen LogP contribution in [0, 0.1) is 0 Å². The number of para-hydroxylation sites is 1. The van der Waals surface area contributed by atoms with E-state index in [2.05, 4.69) is 102 Å². The molecular weight excluding hydrogens is 625 g/mol. The molecule has 3 heterocycles. The van der Waals surface area contributed by atoms with Gasteiger partial charge in [0, 0.05) is 44.1 Å². The molecule has 238 valence electrons. The molecule has 51 heavy (non-hydrogen) atoms. The molecule has 0 bridgehead atoms. The minimum atomic E-state index is 0.622. The van der Waals surface area contributed by atoms with Gasteiger partial charge in [-0.1, -0.05) is 115 Å². The predicted octanol–water partition coefficient (Wildman–Crippen LogP) is 11.4. The third-order valence-corrected chi connectivity index (χ3v) is 10.3. The maximum atomic E-state index is 7.07. The molecule has 0 radical (unpaired) electrons. The summed E-state index contributed by atoms with van der Waals surface area (Å²) in [4.78, 5) is 15.0. The fraction of sp³-hybridized carbons (Fsp3) is 0.0217. The molecule has 0 amide bonds. The molecule has 11 rings (SSSR count). The Hall–Kier alpha value is -6.85. The van der Waals surface area contributed by atoms with Gasteiger partial charge in [0.15, 0.2) is 17.5 Å². The number of benzene rings is 7. The summed E-state index contributed by atoms with van der Waals surface area (Å²) in [7, 11) is 0. The highest BCUT2D eigenvalue weighted by Crippen LogP contribution is 2.47. The molecule has 0 fully saturated rings. The maximum absolute atomic E-state index is 7.07. The molecule has 0 N–H and O–H groups in total. The molecule has 0 atom stereocenters. The first-order valence-corrected chi connectivity index (χ1v) is 17.2. The Labute approximate surface area is 293 Å². The third kappa shape index (κ3) is 4.25. The Kier molecular flexibility index (Phi) is 5.95. The van der Waals surface area contributed by atoms with Gasteiger partial charge in [0.1, 0.15) is 11.2 Å². The molecule has 0 unspecified atom stereocenters. The van der Waals surface area contributed by atoms with Crippen LogP contribution in [0.1, 0.15) is 11.1 Å². The van der Waals surface area contributed by atoms with Crippen LogP contribution in [0.2, 0.25) is 0 Å². The Bertz CT molecular complexity index is 2920. The van der Waals surface area contributed by atoms with E-state index in [1.54, 1.807) is 0 Å². The monoisotopic (exact) mass is 652 g/mol. The fourth-order valence-electron chi connectivity index (χ4n) is 7.94. The van der Waals surface area contributed by atoms with Gasteiger partial charge in [-0.05, 0) is 65.6 Å². The summed E-state index contributed by atoms with van der Waals surface area (Å²) in [6, 6.07) is 55.0. The van der Waals surface area contributed by atoms with Crippen LogP contribution < -0.4 is 0 Å². The lowest BCUT2D eigenvalue weighted by Crippen LogP contribution is -2.00. The van der Waals surface area contributed by atoms with Gasteiger partial charge in [0.05, 0.1) is 16.4 Å². The van der Waals surface area contributed by atoms with Gasteiger partial charge in [-0.25, -0.2) is 15.0 Å². The van der Waals surface area contributed by atoms with Gasteiger partial charge in [0.25, 0.3) is 0 Å². The van der Waals surface area contributed by atoms with E-state index in [-0.39, 0.29) is 0 Å². The lowest BCUT2D eigenvalue weighted by atomic mass is 10.0. The zero-order chi connectivity index (χ0) is 33.5. The highest BCUT2D eigenvalue weighted by molar-refractivity contribution is 6.25. The van der Waals surface area contributed by atoms with Crippen molar-refractivity contribution in [2.75, 3.05) is 0 Å². The minimum Gasteiger partial charge on any atom is -0.455 e. The van der Waals surface area contributed by atoms with E-state index in [9.17, 15) is 0 Å². The average molecular weight is 653 g/mol. The van der Waals surface area contributed by atoms with E-state index < -0.39 is 0 Å². The number of rotatable bonds is 4. The van der Waals surface area contributed by atoms with Gasteiger partial charge < -0.3 is 8.98 Å². The molecule has 1 aliphatic carbocycles. The molecule has 0 saturated carbocycles. The van der Waals surface area contributed by atoms with Crippen molar-refractivity contribution in [1.82, 2.24) is 19.5 Å². The predicted molar refractivity (Wildman–Crippen MR) is 206 cm³/mol. The molecule has 0 saturated heterocycles. The number of furan rings is 1. The molecule has 7 aromatic carbocycles. The number of aromatic nitrogens is 4. The summed E-state index contributed by atoms with van der Waals surface area (Å²) < 4.78 is 9.40. The van der Waals surface area contributed by atoms with E-state index in [1.807, 2.05) is 60.7 Å². The quantitative estimate of drug-likeness (QED) is 0.190. The largest absolute Gasteiger partial charge is 0.455 e. The van der Waals surface area contributed by atoms with Gasteiger partial charge in [-0.15, -0.1) is 0 Å². The van der Waals surface area contributed by atoms with Crippen molar-refractivity contribution in [2.45, 2.75) is 6.42 Å². The van der Waals surface area contributed by atoms with E-state index in [4.69, 9.17) is 19.4 Å². The zero-order valence-corrected chi connectivity index (χ0v) is 27.4. The van der Waals surface area contributed by atoms with Crippen LogP contribution >= 0.6 is 0 Å². The molecule has 0 aliphatic heterocycles. The van der Waals surface area contributed by atoms with E-state index in [1.165, 1.54) is 22.3 Å². The molecule has 5 nitrogen and oxygen atoms in total. The average Bonchev–Trinajstić information content (AvgIpc) is 3.88. The Morgan fingerprint density at radius 1 is 0.451 bits per heavy atom. The maximum Gasteiger partial charge on any atom is 0.164 e. The highest BCUT2D eigenvalue weighted by atomic mass is 16.3. The molecule has 5 heteroatoms. The van der Waals surface area contributed by atoms with Crippen LogP contribution in [0.5, 0.6) is 0 Å². The third-order valence-electron chi connectivity index (χ3n) is 10.3. The van der Waals surface area contributed by atoms with Crippen LogP contribution in [0.15, 0.2) is 162 Å². The van der Waals surface area contributed by atoms with Crippen molar-refractivity contribution in [3.05, 3.63) is 169 Å². The van der Waals surface area contributed by atoms with Crippen LogP contribution in [-0.4, -0.2) is 19.5 Å². The standard InChI is InChI=1S/C46H28N4O/c1-4-12-28(13-5-1)44-47-45(29-14-6-2-7-15-29)49-46(48-44)32-21-24-38-37(27-32)41-39(50(38)33-17-8-3-9-18-33)25-23-36-35-22-20-31-26-30-16-10-11-19-34(30)40(31)42(35)51-43(36)41/h1-25,27H,26H2. The van der Waals surface area contributed by atoms with Crippen molar-refractivity contribution in [2.24, 2.45) is 0 Å². The van der Waals surface area contributed by atoms with Crippen molar-refractivity contribution in [3.63, 3.8) is 0 Å². The van der Waals surface area contributed by atoms with E-state index in [0.717, 1.165) is 72.5 Å². The molecule has 10 aromatic rings. The van der Waals surface area contributed by atoms with E-state index in [0.29, 0.717) is 17.5 Å². The fourth-order valence-corrected chi connectivity index (χ4v) is 7.94. The number of fused-ring (bicyclic) bond motifs is 11. The smallest absolute Gasteiger partial charge is 0.164 e. The first-order chi connectivity index (χ1) is 25.3. The topological polar surface area (TPSA) is 56.7 Å². The van der Waals surface area contributed by atoms with E-state index >= 15 is 0 Å². The minimum absolute atomic E-state index is 0.622. The summed E-state index contributed by atoms with van der Waals surface area (Å²) in [6.07, 6.45) is 0.923. The molecule has 3 aromatic heterocycles. The second-order valence-corrected chi connectivity index (χ2v) is 13.2. The number of hydrogen-bond donors (Lipinski definition) is 0. The summed E-state index contributed by atoms with van der Waals surface area (Å²) >= 11 is 0. The van der Waals surface area contributed by atoms with Crippen molar-refractivity contribution >= 4 is 43.7 Å².